The minimum absolute atomic E-state index is 0.278. The molecule has 1 amide bonds. The van der Waals surface area contributed by atoms with Gasteiger partial charge >= 0.3 is 0 Å². The van der Waals surface area contributed by atoms with Gasteiger partial charge in [-0.05, 0) is 43.9 Å². The first kappa shape index (κ1) is 17.3. The molecule has 1 unspecified atom stereocenters. The van der Waals surface area contributed by atoms with Gasteiger partial charge in [-0.1, -0.05) is 13.0 Å². The largest absolute Gasteiger partial charge is 0.367 e. The summed E-state index contributed by atoms with van der Waals surface area (Å²) in [5.41, 5.74) is 0.705. The molecule has 2 aromatic rings. The van der Waals surface area contributed by atoms with Gasteiger partial charge in [0.1, 0.15) is 17.3 Å². The maximum atomic E-state index is 13.7. The van der Waals surface area contributed by atoms with Crippen LogP contribution >= 0.6 is 0 Å². The number of halogens is 2. The summed E-state index contributed by atoms with van der Waals surface area (Å²) in [5, 5.41) is 2.30. The molecule has 4 nitrogen and oxygen atoms in total. The lowest BCUT2D eigenvalue weighted by Gasteiger charge is -2.37. The predicted molar refractivity (Wildman–Crippen MR) is 93.8 cm³/mol. The number of nitrogens with zero attached hydrogens (tertiary/aromatic N) is 2. The third-order valence-electron chi connectivity index (χ3n) is 4.62. The van der Waals surface area contributed by atoms with Gasteiger partial charge in [-0.25, -0.2) is 8.78 Å². The van der Waals surface area contributed by atoms with Crippen LogP contribution in [0.4, 0.5) is 20.2 Å². The van der Waals surface area contributed by atoms with Crippen molar-refractivity contribution < 1.29 is 13.6 Å². The molecule has 1 atom stereocenters. The quantitative estimate of drug-likeness (QED) is 0.894. The van der Waals surface area contributed by atoms with Gasteiger partial charge in [0.05, 0.1) is 17.4 Å². The Balaban J connectivity index is 1.82. The number of hydrogen-bond donors (Lipinski definition) is 1. The van der Waals surface area contributed by atoms with Gasteiger partial charge in [0.15, 0.2) is 0 Å². The van der Waals surface area contributed by atoms with Gasteiger partial charge < -0.3 is 10.2 Å². The number of aromatic nitrogens is 1. The molecule has 1 aromatic carbocycles. The van der Waals surface area contributed by atoms with Crippen LogP contribution in [-0.4, -0.2) is 23.5 Å². The van der Waals surface area contributed by atoms with E-state index in [-0.39, 0.29) is 5.56 Å². The van der Waals surface area contributed by atoms with E-state index in [2.05, 4.69) is 22.1 Å². The number of carbonyl (C=O) groups excluding carboxylic acids is 1. The summed E-state index contributed by atoms with van der Waals surface area (Å²) in [6.45, 7) is 3.07. The monoisotopic (exact) mass is 345 g/mol. The standard InChI is InChI=1S/C19H21F2N3O/c1-2-14-6-3-4-9-24(14)15-10-13(11-22-12-15)19(25)23-18-16(20)7-5-8-17(18)21/h5,7-8,10-12,14H,2-4,6,9H2,1H3,(H,23,25). The zero-order chi connectivity index (χ0) is 17.8. The topological polar surface area (TPSA) is 45.2 Å². The fourth-order valence-corrected chi connectivity index (χ4v) is 3.28. The molecule has 2 heterocycles. The van der Waals surface area contributed by atoms with Gasteiger partial charge in [0.25, 0.3) is 5.91 Å². The van der Waals surface area contributed by atoms with Crippen molar-refractivity contribution in [1.82, 2.24) is 4.98 Å². The van der Waals surface area contributed by atoms with Crippen LogP contribution in [0.2, 0.25) is 0 Å². The van der Waals surface area contributed by atoms with Crippen LogP contribution < -0.4 is 10.2 Å². The average Bonchev–Trinajstić information content (AvgIpc) is 2.64. The number of pyridine rings is 1. The Hall–Kier alpha value is -2.50. The number of nitrogens with one attached hydrogen (secondary N) is 1. The van der Waals surface area contributed by atoms with Gasteiger partial charge in [-0.3, -0.25) is 9.78 Å². The van der Waals surface area contributed by atoms with Gasteiger partial charge in [0.2, 0.25) is 0 Å². The molecule has 1 aliphatic heterocycles. The second kappa shape index (κ2) is 7.59. The molecule has 0 radical (unpaired) electrons. The van der Waals surface area contributed by atoms with Crippen molar-refractivity contribution in [2.75, 3.05) is 16.8 Å². The summed E-state index contributed by atoms with van der Waals surface area (Å²) in [5.74, 6) is -2.19. The number of para-hydroxylation sites is 1. The molecule has 1 N–H and O–H groups in total. The zero-order valence-electron chi connectivity index (χ0n) is 14.1. The Morgan fingerprint density at radius 1 is 1.28 bits per heavy atom. The Labute approximate surface area is 145 Å². The van der Waals surface area contributed by atoms with Crippen molar-refractivity contribution in [3.8, 4) is 0 Å². The summed E-state index contributed by atoms with van der Waals surface area (Å²) < 4.78 is 27.4. The van der Waals surface area contributed by atoms with E-state index in [1.807, 2.05) is 0 Å². The molecule has 0 saturated carbocycles. The molecule has 0 bridgehead atoms. The fourth-order valence-electron chi connectivity index (χ4n) is 3.28. The van der Waals surface area contributed by atoms with E-state index in [9.17, 15) is 13.6 Å². The van der Waals surface area contributed by atoms with E-state index in [0.717, 1.165) is 43.6 Å². The first-order chi connectivity index (χ1) is 12.1. The third kappa shape index (κ3) is 3.78. The molecular formula is C19H21F2N3O. The van der Waals surface area contributed by atoms with Crippen LogP contribution in [-0.2, 0) is 0 Å². The predicted octanol–water partition coefficient (Wildman–Crippen LogP) is 4.38. The van der Waals surface area contributed by atoms with Crippen molar-refractivity contribution in [3.05, 3.63) is 53.9 Å². The van der Waals surface area contributed by atoms with Crippen molar-refractivity contribution in [2.45, 2.75) is 38.6 Å². The van der Waals surface area contributed by atoms with E-state index < -0.39 is 23.2 Å². The lowest BCUT2D eigenvalue weighted by atomic mass is 9.99. The Morgan fingerprint density at radius 2 is 2.04 bits per heavy atom. The minimum atomic E-state index is -0.806. The highest BCUT2D eigenvalue weighted by atomic mass is 19.1. The average molecular weight is 345 g/mol. The van der Waals surface area contributed by atoms with Crippen LogP contribution in [0.1, 0.15) is 43.0 Å². The lowest BCUT2D eigenvalue weighted by molar-refractivity contribution is 0.102. The molecule has 3 rings (SSSR count). The number of anilines is 2. The van der Waals surface area contributed by atoms with Crippen LogP contribution in [0, 0.1) is 11.6 Å². The lowest BCUT2D eigenvalue weighted by Crippen LogP contribution is -2.39. The Morgan fingerprint density at radius 3 is 2.76 bits per heavy atom. The molecule has 0 aliphatic carbocycles. The number of benzene rings is 1. The summed E-state index contributed by atoms with van der Waals surface area (Å²) >= 11 is 0. The summed E-state index contributed by atoms with van der Waals surface area (Å²) in [6.07, 6.45) is 7.59. The van der Waals surface area contributed by atoms with Crippen molar-refractivity contribution in [2.24, 2.45) is 0 Å². The van der Waals surface area contributed by atoms with Gasteiger partial charge in [0, 0.05) is 18.8 Å². The molecule has 132 valence electrons. The number of amides is 1. The zero-order valence-corrected chi connectivity index (χ0v) is 14.1. The molecule has 6 heteroatoms. The van der Waals surface area contributed by atoms with E-state index >= 15 is 0 Å². The maximum Gasteiger partial charge on any atom is 0.257 e. The fraction of sp³-hybridized carbons (Fsp3) is 0.368. The van der Waals surface area contributed by atoms with Crippen LogP contribution in [0.25, 0.3) is 0 Å². The molecular weight excluding hydrogens is 324 g/mol. The molecule has 25 heavy (non-hydrogen) atoms. The number of rotatable bonds is 4. The number of piperidine rings is 1. The number of carbonyl (C=O) groups is 1. The summed E-state index contributed by atoms with van der Waals surface area (Å²) in [4.78, 5) is 18.8. The normalized spacial score (nSPS) is 17.4. The highest BCUT2D eigenvalue weighted by Crippen LogP contribution is 2.27. The van der Waals surface area contributed by atoms with Crippen molar-refractivity contribution in [1.29, 1.82) is 0 Å². The Kier molecular flexibility index (Phi) is 5.26. The van der Waals surface area contributed by atoms with Crippen molar-refractivity contribution in [3.63, 3.8) is 0 Å². The summed E-state index contributed by atoms with van der Waals surface area (Å²) in [6, 6.07) is 5.62. The van der Waals surface area contributed by atoms with E-state index in [1.165, 1.54) is 18.7 Å². The molecule has 1 saturated heterocycles. The van der Waals surface area contributed by atoms with Crippen LogP contribution in [0.3, 0.4) is 0 Å². The highest BCUT2D eigenvalue weighted by molar-refractivity contribution is 6.04. The van der Waals surface area contributed by atoms with E-state index in [4.69, 9.17) is 0 Å². The second-order valence-corrected chi connectivity index (χ2v) is 6.23. The third-order valence-corrected chi connectivity index (χ3v) is 4.62. The van der Waals surface area contributed by atoms with Gasteiger partial charge in [-0.2, -0.15) is 0 Å². The highest BCUT2D eigenvalue weighted by Gasteiger charge is 2.22. The molecule has 0 spiro atoms. The molecule has 1 fully saturated rings. The maximum absolute atomic E-state index is 13.7. The van der Waals surface area contributed by atoms with Crippen molar-refractivity contribution >= 4 is 17.3 Å². The smallest absolute Gasteiger partial charge is 0.257 e. The van der Waals surface area contributed by atoms with E-state index in [0.29, 0.717) is 6.04 Å². The minimum Gasteiger partial charge on any atom is -0.367 e. The SMILES string of the molecule is CCC1CCCCN1c1cncc(C(=O)Nc2c(F)cccc2F)c1. The first-order valence-corrected chi connectivity index (χ1v) is 8.57. The van der Waals surface area contributed by atoms with Gasteiger partial charge in [-0.15, -0.1) is 0 Å². The molecule has 1 aromatic heterocycles. The second-order valence-electron chi connectivity index (χ2n) is 6.23. The van der Waals surface area contributed by atoms with Crippen LogP contribution in [0.5, 0.6) is 0 Å². The molecule has 1 aliphatic rings. The Bertz CT molecular complexity index is 746. The van der Waals surface area contributed by atoms with E-state index in [1.54, 1.807) is 12.3 Å². The van der Waals surface area contributed by atoms with Crippen LogP contribution in [0.15, 0.2) is 36.7 Å². The summed E-state index contributed by atoms with van der Waals surface area (Å²) in [7, 11) is 0. The first-order valence-electron chi connectivity index (χ1n) is 8.57. The number of hydrogen-bond acceptors (Lipinski definition) is 3.